The Morgan fingerprint density at radius 1 is 1.13 bits per heavy atom. The summed E-state index contributed by atoms with van der Waals surface area (Å²) in [4.78, 5) is 4.26. The zero-order valence-electron chi connectivity index (χ0n) is 20.8. The third kappa shape index (κ3) is 4.88. The summed E-state index contributed by atoms with van der Waals surface area (Å²) < 4.78 is 29.7. The predicted molar refractivity (Wildman–Crippen MR) is 137 cm³/mol. The zero-order valence-corrected chi connectivity index (χ0v) is 20.8. The molecule has 1 aliphatic carbocycles. The van der Waals surface area contributed by atoms with Crippen molar-refractivity contribution in [2.45, 2.75) is 44.6 Å². The van der Waals surface area contributed by atoms with Gasteiger partial charge in [-0.25, -0.2) is 13.6 Å². The van der Waals surface area contributed by atoms with Crippen LogP contribution in [0.25, 0.3) is 16.8 Å². The van der Waals surface area contributed by atoms with E-state index in [1.807, 2.05) is 60.3 Å². The summed E-state index contributed by atoms with van der Waals surface area (Å²) in [7, 11) is 0. The number of aromatic nitrogens is 6. The summed E-state index contributed by atoms with van der Waals surface area (Å²) in [6, 6.07) is 16.7. The number of hydrogen-bond donors (Lipinski definition) is 1. The second kappa shape index (κ2) is 10.3. The summed E-state index contributed by atoms with van der Waals surface area (Å²) in [6.45, 7) is 2.58. The number of pyridine rings is 2. The maximum atomic E-state index is 13.6. The molecule has 9 nitrogen and oxygen atoms in total. The molecule has 6 rings (SSSR count). The highest BCUT2D eigenvalue weighted by Gasteiger charge is 2.31. The van der Waals surface area contributed by atoms with Crippen LogP contribution in [0.3, 0.4) is 0 Å². The van der Waals surface area contributed by atoms with Crippen LogP contribution in [0, 0.1) is 12.7 Å². The lowest BCUT2D eigenvalue weighted by molar-refractivity contribution is 0.0390. The SMILES string of the molecule is Cc1c(-c2cc(OC(COCc3ccccc3)c3ccc(F)cn3)c3ccnn3c2)nnn1C1CC(O)C1. The number of benzene rings is 1. The summed E-state index contributed by atoms with van der Waals surface area (Å²) in [5, 5.41) is 22.9. The van der Waals surface area contributed by atoms with E-state index in [0.717, 1.165) is 22.3 Å². The van der Waals surface area contributed by atoms with E-state index in [2.05, 4.69) is 20.4 Å². The lowest BCUT2D eigenvalue weighted by atomic mass is 9.89. The number of rotatable bonds is 9. The number of nitrogens with zero attached hydrogens (tertiary/aromatic N) is 6. The molecule has 0 aliphatic heterocycles. The van der Waals surface area contributed by atoms with Crippen molar-refractivity contribution in [2.75, 3.05) is 6.61 Å². The lowest BCUT2D eigenvalue weighted by Gasteiger charge is -2.31. The van der Waals surface area contributed by atoms with Crippen LogP contribution in [0.1, 0.15) is 41.9 Å². The van der Waals surface area contributed by atoms with E-state index >= 15 is 0 Å². The third-order valence-electron chi connectivity index (χ3n) is 6.84. The first-order valence-corrected chi connectivity index (χ1v) is 12.5. The average molecular weight is 515 g/mol. The van der Waals surface area contributed by atoms with E-state index in [1.54, 1.807) is 16.8 Å². The van der Waals surface area contributed by atoms with Crippen molar-refractivity contribution < 1.29 is 19.0 Å². The fourth-order valence-electron chi connectivity index (χ4n) is 4.70. The molecular formula is C28H27FN6O3. The molecule has 4 heterocycles. The largest absolute Gasteiger partial charge is 0.479 e. The Morgan fingerprint density at radius 3 is 2.74 bits per heavy atom. The maximum Gasteiger partial charge on any atom is 0.164 e. The van der Waals surface area contributed by atoms with E-state index in [4.69, 9.17) is 9.47 Å². The van der Waals surface area contributed by atoms with Gasteiger partial charge < -0.3 is 14.6 Å². The Bertz CT molecular complexity index is 1530. The molecule has 1 atom stereocenters. The maximum absolute atomic E-state index is 13.6. The van der Waals surface area contributed by atoms with Crippen LogP contribution >= 0.6 is 0 Å². The fraction of sp³-hybridized carbons (Fsp3) is 0.286. The van der Waals surface area contributed by atoms with E-state index in [9.17, 15) is 9.50 Å². The highest BCUT2D eigenvalue weighted by Crippen LogP contribution is 2.36. The van der Waals surface area contributed by atoms with Gasteiger partial charge in [-0.15, -0.1) is 5.10 Å². The molecule has 0 spiro atoms. The quantitative estimate of drug-likeness (QED) is 0.310. The molecule has 10 heteroatoms. The summed E-state index contributed by atoms with van der Waals surface area (Å²) in [5.41, 5.74) is 4.75. The number of halogens is 1. The van der Waals surface area contributed by atoms with Gasteiger partial charge in [-0.1, -0.05) is 35.5 Å². The van der Waals surface area contributed by atoms with Gasteiger partial charge >= 0.3 is 0 Å². The monoisotopic (exact) mass is 514 g/mol. The van der Waals surface area contributed by atoms with E-state index < -0.39 is 11.9 Å². The first-order valence-electron chi connectivity index (χ1n) is 12.5. The Kier molecular flexibility index (Phi) is 6.57. The van der Waals surface area contributed by atoms with Gasteiger partial charge in [-0.05, 0) is 49.6 Å². The zero-order chi connectivity index (χ0) is 26.1. The Labute approximate surface area is 218 Å². The van der Waals surface area contributed by atoms with Crippen molar-refractivity contribution in [3.8, 4) is 17.0 Å². The molecule has 0 bridgehead atoms. The fourth-order valence-corrected chi connectivity index (χ4v) is 4.70. The smallest absolute Gasteiger partial charge is 0.164 e. The third-order valence-corrected chi connectivity index (χ3v) is 6.84. The van der Waals surface area contributed by atoms with Crippen LogP contribution in [0.2, 0.25) is 0 Å². The van der Waals surface area contributed by atoms with Crippen LogP contribution in [0.15, 0.2) is 73.2 Å². The molecule has 1 unspecified atom stereocenters. The van der Waals surface area contributed by atoms with E-state index in [-0.39, 0.29) is 18.8 Å². The van der Waals surface area contributed by atoms with E-state index in [0.29, 0.717) is 36.6 Å². The van der Waals surface area contributed by atoms with Gasteiger partial charge in [0.1, 0.15) is 22.8 Å². The minimum Gasteiger partial charge on any atom is -0.479 e. The van der Waals surface area contributed by atoms with Gasteiger partial charge in [0.25, 0.3) is 0 Å². The predicted octanol–water partition coefficient (Wildman–Crippen LogP) is 4.47. The van der Waals surface area contributed by atoms with Gasteiger partial charge in [-0.2, -0.15) is 5.10 Å². The van der Waals surface area contributed by atoms with Crippen LogP contribution in [-0.2, 0) is 11.3 Å². The highest BCUT2D eigenvalue weighted by molar-refractivity contribution is 5.70. The minimum absolute atomic E-state index is 0.145. The van der Waals surface area contributed by atoms with Crippen molar-refractivity contribution in [1.82, 2.24) is 29.6 Å². The molecule has 0 saturated heterocycles. The molecule has 0 radical (unpaired) electrons. The van der Waals surface area contributed by atoms with Crippen molar-refractivity contribution >= 4 is 5.52 Å². The molecule has 1 aromatic carbocycles. The van der Waals surface area contributed by atoms with Crippen LogP contribution in [0.4, 0.5) is 4.39 Å². The van der Waals surface area contributed by atoms with Crippen molar-refractivity contribution in [3.63, 3.8) is 0 Å². The van der Waals surface area contributed by atoms with Gasteiger partial charge in [-0.3, -0.25) is 4.98 Å². The molecular weight excluding hydrogens is 487 g/mol. The first-order chi connectivity index (χ1) is 18.5. The van der Waals surface area contributed by atoms with Gasteiger partial charge in [0, 0.05) is 11.8 Å². The first kappa shape index (κ1) is 24.2. The van der Waals surface area contributed by atoms with Crippen molar-refractivity contribution in [1.29, 1.82) is 0 Å². The van der Waals surface area contributed by atoms with Gasteiger partial charge in [0.15, 0.2) is 6.10 Å². The lowest BCUT2D eigenvalue weighted by Crippen LogP contribution is -2.32. The van der Waals surface area contributed by atoms with Crippen LogP contribution in [0.5, 0.6) is 5.75 Å². The van der Waals surface area contributed by atoms with Crippen LogP contribution < -0.4 is 4.74 Å². The number of fused-ring (bicyclic) bond motifs is 1. The van der Waals surface area contributed by atoms with E-state index in [1.165, 1.54) is 12.3 Å². The molecule has 1 N–H and O–H groups in total. The normalized spacial score (nSPS) is 17.9. The average Bonchev–Trinajstić information content (AvgIpc) is 3.54. The molecule has 0 amide bonds. The number of aliphatic hydroxyl groups excluding tert-OH is 1. The topological polar surface area (TPSA) is 99.6 Å². The summed E-state index contributed by atoms with van der Waals surface area (Å²) >= 11 is 0. The second-order valence-corrected chi connectivity index (χ2v) is 9.51. The van der Waals surface area contributed by atoms with Crippen molar-refractivity contribution in [2.24, 2.45) is 0 Å². The van der Waals surface area contributed by atoms with Gasteiger partial charge in [0.05, 0.1) is 49.1 Å². The second-order valence-electron chi connectivity index (χ2n) is 9.51. The van der Waals surface area contributed by atoms with Crippen LogP contribution in [-0.4, -0.2) is 47.4 Å². The number of aliphatic hydroxyl groups is 1. The molecule has 4 aromatic heterocycles. The summed E-state index contributed by atoms with van der Waals surface area (Å²) in [5.74, 6) is 0.142. The number of ether oxygens (including phenoxy) is 2. The molecule has 194 valence electrons. The molecule has 1 fully saturated rings. The molecule has 38 heavy (non-hydrogen) atoms. The molecule has 5 aromatic rings. The Balaban J connectivity index is 1.30. The van der Waals surface area contributed by atoms with Gasteiger partial charge in [0.2, 0.25) is 0 Å². The number of hydrogen-bond acceptors (Lipinski definition) is 7. The Morgan fingerprint density at radius 2 is 1.97 bits per heavy atom. The standard InChI is InChI=1S/C28H27FN6O3/c1-18-28(32-33-35(18)22-12-23(36)13-22)20-11-26(25-9-10-31-34(25)15-20)38-27(24-8-7-21(29)14-30-24)17-37-16-19-5-3-2-4-6-19/h2-11,14-15,22-23,27,36H,12-13,16-17H2,1H3. The highest BCUT2D eigenvalue weighted by atomic mass is 19.1. The minimum atomic E-state index is -0.596. The van der Waals surface area contributed by atoms with Crippen molar-refractivity contribution in [3.05, 3.63) is 96.0 Å². The summed E-state index contributed by atoms with van der Waals surface area (Å²) in [6.07, 6.45) is 5.22. The molecule has 1 saturated carbocycles. The molecule has 1 aliphatic rings. The Hall–Kier alpha value is -4.15.